The number of hydrogen-bond acceptors (Lipinski definition) is 4. The fraction of sp³-hybridized carbons (Fsp3) is 0.562. The first-order valence-corrected chi connectivity index (χ1v) is 7.47. The Hall–Kier alpha value is -1.59. The van der Waals surface area contributed by atoms with Gasteiger partial charge in [0.05, 0.1) is 5.56 Å². The highest BCUT2D eigenvalue weighted by Crippen LogP contribution is 2.29. The SMILES string of the molecule is CC1(C)CCN(CCOc2ccccc2C(=O)NN)CC1. The van der Waals surface area contributed by atoms with Crippen molar-refractivity contribution in [1.82, 2.24) is 10.3 Å². The minimum absolute atomic E-state index is 0.328. The summed E-state index contributed by atoms with van der Waals surface area (Å²) in [6.45, 7) is 8.33. The fourth-order valence-corrected chi connectivity index (χ4v) is 2.52. The number of nitrogens with zero attached hydrogens (tertiary/aromatic N) is 1. The van der Waals surface area contributed by atoms with Crippen LogP contribution in [0.25, 0.3) is 0 Å². The first-order valence-electron chi connectivity index (χ1n) is 7.47. The van der Waals surface area contributed by atoms with Gasteiger partial charge in [-0.2, -0.15) is 0 Å². The number of piperidine rings is 1. The molecule has 1 aromatic carbocycles. The summed E-state index contributed by atoms with van der Waals surface area (Å²) in [7, 11) is 0. The molecule has 0 saturated carbocycles. The summed E-state index contributed by atoms with van der Waals surface area (Å²) in [5, 5.41) is 0. The number of nitrogen functional groups attached to an aromatic ring is 1. The van der Waals surface area contributed by atoms with Crippen LogP contribution in [0.4, 0.5) is 0 Å². The van der Waals surface area contributed by atoms with Crippen LogP contribution in [0.3, 0.4) is 0 Å². The first kappa shape index (κ1) is 15.8. The van der Waals surface area contributed by atoms with E-state index in [1.165, 1.54) is 12.8 Å². The second-order valence-electron chi connectivity index (χ2n) is 6.32. The molecule has 3 N–H and O–H groups in total. The van der Waals surface area contributed by atoms with Crippen molar-refractivity contribution in [1.29, 1.82) is 0 Å². The molecule has 5 nitrogen and oxygen atoms in total. The number of para-hydroxylation sites is 1. The van der Waals surface area contributed by atoms with Crippen molar-refractivity contribution in [2.75, 3.05) is 26.2 Å². The molecule has 21 heavy (non-hydrogen) atoms. The molecule has 1 saturated heterocycles. The number of hydrogen-bond donors (Lipinski definition) is 2. The molecule has 0 radical (unpaired) electrons. The largest absolute Gasteiger partial charge is 0.491 e. The third-order valence-electron chi connectivity index (χ3n) is 4.14. The summed E-state index contributed by atoms with van der Waals surface area (Å²) in [6.07, 6.45) is 2.44. The molecule has 1 heterocycles. The maximum Gasteiger partial charge on any atom is 0.268 e. The van der Waals surface area contributed by atoms with E-state index in [1.54, 1.807) is 18.2 Å². The first-order chi connectivity index (χ1) is 10.0. The number of nitrogens with two attached hydrogens (primary N) is 1. The van der Waals surface area contributed by atoms with Crippen molar-refractivity contribution in [2.24, 2.45) is 11.3 Å². The lowest BCUT2D eigenvalue weighted by atomic mass is 9.83. The Bertz CT molecular complexity index is 478. The highest BCUT2D eigenvalue weighted by atomic mass is 16.5. The lowest BCUT2D eigenvalue weighted by Crippen LogP contribution is -2.39. The van der Waals surface area contributed by atoms with Gasteiger partial charge in [-0.3, -0.25) is 15.1 Å². The molecular weight excluding hydrogens is 266 g/mol. The zero-order valence-corrected chi connectivity index (χ0v) is 12.9. The van der Waals surface area contributed by atoms with Crippen molar-refractivity contribution in [3.63, 3.8) is 0 Å². The third-order valence-corrected chi connectivity index (χ3v) is 4.14. The van der Waals surface area contributed by atoms with E-state index in [2.05, 4.69) is 24.2 Å². The summed E-state index contributed by atoms with van der Waals surface area (Å²) >= 11 is 0. The molecule has 1 amide bonds. The Morgan fingerprint density at radius 2 is 2.00 bits per heavy atom. The Balaban J connectivity index is 1.83. The molecule has 0 aromatic heterocycles. The molecule has 1 aliphatic heterocycles. The van der Waals surface area contributed by atoms with Gasteiger partial charge in [-0.05, 0) is 43.5 Å². The topological polar surface area (TPSA) is 67.6 Å². The van der Waals surface area contributed by atoms with Crippen molar-refractivity contribution in [3.8, 4) is 5.75 Å². The number of carbonyl (C=O) groups excluding carboxylic acids is 1. The Labute approximate surface area is 126 Å². The summed E-state index contributed by atoms with van der Waals surface area (Å²) < 4.78 is 5.76. The second-order valence-corrected chi connectivity index (χ2v) is 6.32. The fourth-order valence-electron chi connectivity index (χ4n) is 2.52. The van der Waals surface area contributed by atoms with E-state index in [0.29, 0.717) is 23.3 Å². The van der Waals surface area contributed by atoms with E-state index in [9.17, 15) is 4.79 Å². The van der Waals surface area contributed by atoms with Crippen LogP contribution in [0.5, 0.6) is 5.75 Å². The maximum atomic E-state index is 11.6. The molecule has 1 aromatic rings. The van der Waals surface area contributed by atoms with Crippen molar-refractivity contribution in [2.45, 2.75) is 26.7 Å². The van der Waals surface area contributed by atoms with E-state index in [4.69, 9.17) is 10.6 Å². The maximum absolute atomic E-state index is 11.6. The number of benzene rings is 1. The van der Waals surface area contributed by atoms with Gasteiger partial charge in [0.1, 0.15) is 12.4 Å². The minimum Gasteiger partial charge on any atom is -0.491 e. The van der Waals surface area contributed by atoms with Gasteiger partial charge < -0.3 is 4.74 Å². The quantitative estimate of drug-likeness (QED) is 0.493. The number of ether oxygens (including phenoxy) is 1. The number of rotatable bonds is 5. The molecule has 1 fully saturated rings. The van der Waals surface area contributed by atoms with Crippen LogP contribution in [0.15, 0.2) is 24.3 Å². The molecule has 0 bridgehead atoms. The number of hydrazine groups is 1. The van der Waals surface area contributed by atoms with Crippen LogP contribution in [-0.4, -0.2) is 37.0 Å². The van der Waals surface area contributed by atoms with Gasteiger partial charge >= 0.3 is 0 Å². The highest BCUT2D eigenvalue weighted by molar-refractivity contribution is 5.96. The van der Waals surface area contributed by atoms with Gasteiger partial charge in [-0.25, -0.2) is 5.84 Å². The lowest BCUT2D eigenvalue weighted by molar-refractivity contribution is 0.0944. The van der Waals surface area contributed by atoms with Gasteiger partial charge in [0.15, 0.2) is 0 Å². The molecule has 0 atom stereocenters. The zero-order chi connectivity index (χ0) is 15.3. The molecule has 1 aliphatic rings. The van der Waals surface area contributed by atoms with E-state index in [0.717, 1.165) is 19.6 Å². The predicted octanol–water partition coefficient (Wildman–Crippen LogP) is 1.79. The Morgan fingerprint density at radius 3 is 2.67 bits per heavy atom. The molecular formula is C16H25N3O2. The predicted molar refractivity (Wildman–Crippen MR) is 83.0 cm³/mol. The molecule has 0 unspecified atom stereocenters. The van der Waals surface area contributed by atoms with Gasteiger partial charge in [0, 0.05) is 6.54 Å². The standard InChI is InChI=1S/C16H25N3O2/c1-16(2)7-9-19(10-8-16)11-12-21-14-6-4-3-5-13(14)15(20)18-17/h3-6H,7-12,17H2,1-2H3,(H,18,20). The van der Waals surface area contributed by atoms with Crippen LogP contribution >= 0.6 is 0 Å². The van der Waals surface area contributed by atoms with Crippen LogP contribution in [-0.2, 0) is 0 Å². The van der Waals surface area contributed by atoms with Crippen LogP contribution in [0.2, 0.25) is 0 Å². The molecule has 0 aliphatic carbocycles. The normalized spacial score (nSPS) is 18.2. The monoisotopic (exact) mass is 291 g/mol. The summed E-state index contributed by atoms with van der Waals surface area (Å²) in [4.78, 5) is 14.1. The molecule has 5 heteroatoms. The van der Waals surface area contributed by atoms with Crippen LogP contribution in [0.1, 0.15) is 37.0 Å². The summed E-state index contributed by atoms with van der Waals surface area (Å²) in [5.74, 6) is 5.43. The van der Waals surface area contributed by atoms with Gasteiger partial charge in [-0.15, -0.1) is 0 Å². The summed E-state index contributed by atoms with van der Waals surface area (Å²) in [6, 6.07) is 7.15. The Morgan fingerprint density at radius 1 is 1.33 bits per heavy atom. The average Bonchev–Trinajstić information content (AvgIpc) is 2.48. The van der Waals surface area contributed by atoms with Crippen LogP contribution in [0, 0.1) is 5.41 Å². The summed E-state index contributed by atoms with van der Waals surface area (Å²) in [5.41, 5.74) is 3.07. The van der Waals surface area contributed by atoms with Gasteiger partial charge in [0.2, 0.25) is 0 Å². The third kappa shape index (κ3) is 4.44. The molecule has 0 spiro atoms. The Kier molecular flexibility index (Phi) is 5.20. The van der Waals surface area contributed by atoms with E-state index in [-0.39, 0.29) is 5.91 Å². The molecule has 116 valence electrons. The second kappa shape index (κ2) is 6.91. The highest BCUT2D eigenvalue weighted by Gasteiger charge is 2.25. The lowest BCUT2D eigenvalue weighted by Gasteiger charge is -2.36. The van der Waals surface area contributed by atoms with Gasteiger partial charge in [-0.1, -0.05) is 26.0 Å². The number of carbonyl (C=O) groups is 1. The zero-order valence-electron chi connectivity index (χ0n) is 12.9. The van der Waals surface area contributed by atoms with E-state index in [1.807, 2.05) is 6.07 Å². The number of nitrogens with one attached hydrogen (secondary N) is 1. The van der Waals surface area contributed by atoms with Crippen molar-refractivity contribution < 1.29 is 9.53 Å². The average molecular weight is 291 g/mol. The van der Waals surface area contributed by atoms with E-state index >= 15 is 0 Å². The van der Waals surface area contributed by atoms with Crippen molar-refractivity contribution >= 4 is 5.91 Å². The van der Waals surface area contributed by atoms with Gasteiger partial charge in [0.25, 0.3) is 5.91 Å². The molecule has 2 rings (SSSR count). The van der Waals surface area contributed by atoms with Crippen molar-refractivity contribution in [3.05, 3.63) is 29.8 Å². The van der Waals surface area contributed by atoms with E-state index < -0.39 is 0 Å². The van der Waals surface area contributed by atoms with Crippen LogP contribution < -0.4 is 16.0 Å². The number of likely N-dealkylation sites (tertiary alicyclic amines) is 1. The minimum atomic E-state index is -0.328. The number of amides is 1. The smallest absolute Gasteiger partial charge is 0.268 e.